The highest BCUT2D eigenvalue weighted by Gasteiger charge is 2.16. The van der Waals surface area contributed by atoms with Crippen molar-refractivity contribution >= 4 is 44.3 Å². The van der Waals surface area contributed by atoms with Crippen molar-refractivity contribution in [2.75, 3.05) is 11.1 Å². The largest absolute Gasteiger partial charge is 0.325 e. The monoisotopic (exact) mass is 494 g/mol. The molecule has 1 aromatic heterocycles. The number of para-hydroxylation sites is 1. The summed E-state index contributed by atoms with van der Waals surface area (Å²) < 4.78 is 24.3. The Morgan fingerprint density at radius 2 is 1.68 bits per heavy atom. The molecule has 1 amide bonds. The van der Waals surface area contributed by atoms with Crippen LogP contribution in [0.4, 0.5) is 5.69 Å². The number of thioether (sulfide) groups is 1. The molecule has 0 bridgehead atoms. The van der Waals surface area contributed by atoms with E-state index in [0.29, 0.717) is 27.4 Å². The van der Waals surface area contributed by atoms with Crippen LogP contribution in [0.25, 0.3) is 16.6 Å². The van der Waals surface area contributed by atoms with Gasteiger partial charge < -0.3 is 5.32 Å². The van der Waals surface area contributed by atoms with Gasteiger partial charge in [-0.1, -0.05) is 30.0 Å². The van der Waals surface area contributed by atoms with Crippen molar-refractivity contribution in [2.24, 2.45) is 5.14 Å². The minimum atomic E-state index is -3.81. The predicted octanol–water partition coefficient (Wildman–Crippen LogP) is 3.38. The lowest BCUT2D eigenvalue weighted by Crippen LogP contribution is -2.23. The number of aryl methyl sites for hydroxylation is 2. The lowest BCUT2D eigenvalue weighted by molar-refractivity contribution is -0.113. The van der Waals surface area contributed by atoms with Crippen LogP contribution in [0, 0.1) is 13.8 Å². The molecular formula is C24H22N4O4S2. The number of amides is 1. The average Bonchev–Trinajstić information content (AvgIpc) is 2.77. The van der Waals surface area contributed by atoms with Gasteiger partial charge >= 0.3 is 0 Å². The minimum Gasteiger partial charge on any atom is -0.325 e. The summed E-state index contributed by atoms with van der Waals surface area (Å²) in [5.41, 5.74) is 3.46. The summed E-state index contributed by atoms with van der Waals surface area (Å²) in [5, 5.41) is 8.70. The van der Waals surface area contributed by atoms with Crippen molar-refractivity contribution in [3.63, 3.8) is 0 Å². The number of carbonyl (C=O) groups excluding carboxylic acids is 1. The number of aromatic nitrogens is 2. The number of benzene rings is 3. The Hall–Kier alpha value is -3.47. The van der Waals surface area contributed by atoms with Gasteiger partial charge in [-0.3, -0.25) is 14.2 Å². The summed E-state index contributed by atoms with van der Waals surface area (Å²) in [6, 6.07) is 18.5. The predicted molar refractivity (Wildman–Crippen MR) is 134 cm³/mol. The van der Waals surface area contributed by atoms with Crippen LogP contribution in [0.1, 0.15) is 11.1 Å². The third-order valence-electron chi connectivity index (χ3n) is 5.01. The minimum absolute atomic E-state index is 0.00742. The fraction of sp³-hybridized carbons (Fsp3) is 0.125. The molecule has 0 atom stereocenters. The number of hydrogen-bond donors (Lipinski definition) is 2. The van der Waals surface area contributed by atoms with E-state index in [9.17, 15) is 18.0 Å². The van der Waals surface area contributed by atoms with Gasteiger partial charge in [0.15, 0.2) is 5.16 Å². The first-order chi connectivity index (χ1) is 16.1. The van der Waals surface area contributed by atoms with Gasteiger partial charge in [-0.2, -0.15) is 0 Å². The molecule has 0 aliphatic carbocycles. The quantitative estimate of drug-likeness (QED) is 0.313. The number of sulfonamides is 1. The molecule has 10 heteroatoms. The fourth-order valence-corrected chi connectivity index (χ4v) is 4.90. The molecule has 174 valence electrons. The molecule has 4 aromatic rings. The zero-order chi connectivity index (χ0) is 24.5. The van der Waals surface area contributed by atoms with Crippen molar-refractivity contribution in [1.82, 2.24) is 9.55 Å². The lowest BCUT2D eigenvalue weighted by Gasteiger charge is -2.14. The van der Waals surface area contributed by atoms with E-state index in [4.69, 9.17) is 5.14 Å². The Labute approximate surface area is 200 Å². The van der Waals surface area contributed by atoms with E-state index < -0.39 is 10.0 Å². The van der Waals surface area contributed by atoms with Crippen LogP contribution in [0.2, 0.25) is 0 Å². The molecule has 3 aromatic carbocycles. The number of hydrogen-bond acceptors (Lipinski definition) is 6. The van der Waals surface area contributed by atoms with E-state index in [0.717, 1.165) is 22.9 Å². The zero-order valence-corrected chi connectivity index (χ0v) is 20.1. The molecule has 8 nitrogen and oxygen atoms in total. The van der Waals surface area contributed by atoms with Gasteiger partial charge in [-0.15, -0.1) is 0 Å². The van der Waals surface area contributed by atoms with Crippen LogP contribution in [-0.2, 0) is 14.8 Å². The maximum atomic E-state index is 13.4. The number of carbonyl (C=O) groups is 1. The van der Waals surface area contributed by atoms with Crippen LogP contribution in [0.15, 0.2) is 81.6 Å². The molecule has 0 radical (unpaired) electrons. The van der Waals surface area contributed by atoms with E-state index in [1.165, 1.54) is 28.8 Å². The molecular weight excluding hydrogens is 472 g/mol. The van der Waals surface area contributed by atoms with Crippen molar-refractivity contribution in [2.45, 2.75) is 23.9 Å². The molecule has 0 unspecified atom stereocenters. The van der Waals surface area contributed by atoms with Crippen molar-refractivity contribution < 1.29 is 13.2 Å². The first-order valence-electron chi connectivity index (χ1n) is 10.3. The summed E-state index contributed by atoms with van der Waals surface area (Å²) in [7, 11) is -3.81. The number of nitrogens with zero attached hydrogens (tertiary/aromatic N) is 2. The Kier molecular flexibility index (Phi) is 6.56. The van der Waals surface area contributed by atoms with Crippen molar-refractivity contribution in [3.05, 3.63) is 88.2 Å². The van der Waals surface area contributed by atoms with Crippen molar-refractivity contribution in [3.8, 4) is 5.69 Å². The molecule has 0 aliphatic heterocycles. The van der Waals surface area contributed by atoms with Crippen LogP contribution < -0.4 is 16.0 Å². The molecule has 0 aliphatic rings. The second-order valence-corrected chi connectivity index (χ2v) is 10.3. The number of nitrogens with two attached hydrogens (primary N) is 1. The fourth-order valence-electron chi connectivity index (χ4n) is 3.57. The van der Waals surface area contributed by atoms with Gasteiger partial charge in [-0.05, 0) is 73.5 Å². The Morgan fingerprint density at radius 3 is 2.32 bits per heavy atom. The van der Waals surface area contributed by atoms with Gasteiger partial charge in [0.1, 0.15) is 0 Å². The molecule has 34 heavy (non-hydrogen) atoms. The molecule has 4 rings (SSSR count). The summed E-state index contributed by atoms with van der Waals surface area (Å²) >= 11 is 1.14. The molecule has 3 N–H and O–H groups in total. The summed E-state index contributed by atoms with van der Waals surface area (Å²) in [6.45, 7) is 3.91. The Bertz CT molecular complexity index is 1540. The Balaban J connectivity index is 1.63. The van der Waals surface area contributed by atoms with E-state index >= 15 is 0 Å². The SMILES string of the molecule is Cc1cc(C)cc(-n2c(SCC(=O)Nc3ccc(S(N)(=O)=O)cc3)nc3ccccc3c2=O)c1. The molecule has 0 saturated heterocycles. The number of fused-ring (bicyclic) bond motifs is 1. The summed E-state index contributed by atoms with van der Waals surface area (Å²) in [6.07, 6.45) is 0. The number of anilines is 1. The first-order valence-corrected chi connectivity index (χ1v) is 12.8. The van der Waals surface area contributed by atoms with E-state index in [-0.39, 0.29) is 22.1 Å². The van der Waals surface area contributed by atoms with Crippen LogP contribution in [-0.4, -0.2) is 29.6 Å². The maximum Gasteiger partial charge on any atom is 0.266 e. The van der Waals surface area contributed by atoms with E-state index in [1.54, 1.807) is 18.2 Å². The topological polar surface area (TPSA) is 124 Å². The molecule has 1 heterocycles. The highest BCUT2D eigenvalue weighted by atomic mass is 32.2. The normalized spacial score (nSPS) is 11.5. The standard InChI is InChI=1S/C24H22N4O4S2/c1-15-11-16(2)13-18(12-15)28-23(30)20-5-3-4-6-21(20)27-24(28)33-14-22(29)26-17-7-9-19(10-8-17)34(25,31)32/h3-13H,14H2,1-2H3,(H,26,29)(H2,25,31,32). The van der Waals surface area contributed by atoms with Gasteiger partial charge in [0.05, 0.1) is 27.2 Å². The van der Waals surface area contributed by atoms with Gasteiger partial charge in [0, 0.05) is 5.69 Å². The highest BCUT2D eigenvalue weighted by Crippen LogP contribution is 2.23. The van der Waals surface area contributed by atoms with Crippen LogP contribution >= 0.6 is 11.8 Å². The smallest absolute Gasteiger partial charge is 0.266 e. The van der Waals surface area contributed by atoms with Crippen LogP contribution in [0.3, 0.4) is 0 Å². The molecule has 0 saturated carbocycles. The van der Waals surface area contributed by atoms with E-state index in [1.807, 2.05) is 38.1 Å². The average molecular weight is 495 g/mol. The molecule has 0 spiro atoms. The lowest BCUT2D eigenvalue weighted by atomic mass is 10.1. The third-order valence-corrected chi connectivity index (χ3v) is 6.88. The first kappa shape index (κ1) is 23.7. The van der Waals surface area contributed by atoms with Crippen molar-refractivity contribution in [1.29, 1.82) is 0 Å². The summed E-state index contributed by atoms with van der Waals surface area (Å²) in [5.74, 6) is -0.338. The second-order valence-electron chi connectivity index (χ2n) is 7.80. The maximum absolute atomic E-state index is 13.4. The zero-order valence-electron chi connectivity index (χ0n) is 18.5. The van der Waals surface area contributed by atoms with Crippen LogP contribution in [0.5, 0.6) is 0 Å². The third kappa shape index (κ3) is 5.19. The highest BCUT2D eigenvalue weighted by molar-refractivity contribution is 7.99. The second kappa shape index (κ2) is 9.41. The van der Waals surface area contributed by atoms with Gasteiger partial charge in [-0.25, -0.2) is 18.5 Å². The van der Waals surface area contributed by atoms with E-state index in [2.05, 4.69) is 10.3 Å². The van der Waals surface area contributed by atoms with Gasteiger partial charge in [0.2, 0.25) is 15.9 Å². The number of nitrogens with one attached hydrogen (secondary N) is 1. The number of primary sulfonamides is 1. The van der Waals surface area contributed by atoms with Gasteiger partial charge in [0.25, 0.3) is 5.56 Å². The molecule has 0 fully saturated rings. The summed E-state index contributed by atoms with van der Waals surface area (Å²) in [4.78, 5) is 30.6. The number of rotatable bonds is 6. The Morgan fingerprint density at radius 1 is 1.03 bits per heavy atom.